The summed E-state index contributed by atoms with van der Waals surface area (Å²) in [7, 11) is 0. The lowest BCUT2D eigenvalue weighted by molar-refractivity contribution is 0.308. The smallest absolute Gasteiger partial charge is 0.188 e. The fourth-order valence-electron chi connectivity index (χ4n) is 1.38. The van der Waals surface area contributed by atoms with Gasteiger partial charge in [-0.05, 0) is 25.4 Å². The summed E-state index contributed by atoms with van der Waals surface area (Å²) >= 11 is 0. The molecule has 104 valence electrons. The van der Waals surface area contributed by atoms with Gasteiger partial charge in [-0.1, -0.05) is 27.7 Å². The predicted octanol–water partition coefficient (Wildman–Crippen LogP) is 1.90. The molecule has 3 N–H and O–H groups in total. The van der Waals surface area contributed by atoms with Gasteiger partial charge in [0.25, 0.3) is 0 Å². The zero-order valence-electron chi connectivity index (χ0n) is 11.7. The third-order valence-corrected chi connectivity index (χ3v) is 2.62. The topological polar surface area (TPSA) is 53.6 Å². The van der Waals surface area contributed by atoms with Gasteiger partial charge < -0.3 is 16.0 Å². The predicted molar refractivity (Wildman–Crippen MR) is 87.2 cm³/mol. The maximum Gasteiger partial charge on any atom is 0.188 e. The number of halogens is 1. The molecule has 4 nitrogen and oxygen atoms in total. The lowest BCUT2D eigenvalue weighted by Crippen LogP contribution is -2.38. The first-order valence-electron chi connectivity index (χ1n) is 6.36. The van der Waals surface area contributed by atoms with Crippen LogP contribution in [0.2, 0.25) is 0 Å². The summed E-state index contributed by atoms with van der Waals surface area (Å²) in [6, 6.07) is 0. The molecule has 0 amide bonds. The van der Waals surface area contributed by atoms with Crippen LogP contribution in [-0.2, 0) is 0 Å². The number of nitrogens with zero attached hydrogens (tertiary/aromatic N) is 2. The number of hydrogen-bond acceptors (Lipinski definition) is 2. The Balaban J connectivity index is 0. The molecule has 0 unspecified atom stereocenters. The van der Waals surface area contributed by atoms with Crippen LogP contribution in [-0.4, -0.2) is 43.6 Å². The molecule has 0 aliphatic heterocycles. The minimum absolute atomic E-state index is 0. The van der Waals surface area contributed by atoms with E-state index >= 15 is 0 Å². The average molecular weight is 356 g/mol. The summed E-state index contributed by atoms with van der Waals surface area (Å²) in [6.45, 7) is 13.6. The van der Waals surface area contributed by atoms with Crippen molar-refractivity contribution in [2.45, 2.75) is 34.1 Å². The SMILES string of the molecule is CCN(CC)CCNC(N)=NCCC(C)C.I. The van der Waals surface area contributed by atoms with Crippen molar-refractivity contribution in [3.05, 3.63) is 0 Å². The van der Waals surface area contributed by atoms with Crippen LogP contribution >= 0.6 is 24.0 Å². The van der Waals surface area contributed by atoms with Crippen molar-refractivity contribution < 1.29 is 0 Å². The number of guanidine groups is 1. The molecule has 0 atom stereocenters. The first-order valence-corrected chi connectivity index (χ1v) is 6.36. The molecule has 0 aliphatic carbocycles. The maximum absolute atomic E-state index is 5.75. The molecule has 17 heavy (non-hydrogen) atoms. The molecule has 0 rings (SSSR count). The Kier molecular flexibility index (Phi) is 14.1. The van der Waals surface area contributed by atoms with Crippen LogP contribution in [0.3, 0.4) is 0 Å². The molecule has 0 bridgehead atoms. The van der Waals surface area contributed by atoms with E-state index in [-0.39, 0.29) is 24.0 Å². The molecule has 5 heteroatoms. The Morgan fingerprint density at radius 2 is 1.88 bits per heavy atom. The molecule has 0 spiro atoms. The zero-order valence-corrected chi connectivity index (χ0v) is 14.0. The molecule has 0 saturated carbocycles. The first-order chi connectivity index (χ1) is 7.60. The van der Waals surface area contributed by atoms with E-state index in [2.05, 4.69) is 42.9 Å². The van der Waals surface area contributed by atoms with Gasteiger partial charge in [0.05, 0.1) is 0 Å². The molecule has 0 radical (unpaired) electrons. The highest BCUT2D eigenvalue weighted by Crippen LogP contribution is 1.97. The molecule has 0 fully saturated rings. The quantitative estimate of drug-likeness (QED) is 0.397. The second-order valence-electron chi connectivity index (χ2n) is 4.40. The molecule has 0 aromatic carbocycles. The van der Waals surface area contributed by atoms with Gasteiger partial charge in [-0.25, -0.2) is 0 Å². The molecular weight excluding hydrogens is 327 g/mol. The van der Waals surface area contributed by atoms with E-state index in [9.17, 15) is 0 Å². The maximum atomic E-state index is 5.75. The summed E-state index contributed by atoms with van der Waals surface area (Å²) in [5, 5.41) is 3.14. The molecule has 0 heterocycles. The Labute approximate surface area is 123 Å². The summed E-state index contributed by atoms with van der Waals surface area (Å²) < 4.78 is 0. The standard InChI is InChI=1S/C12H28N4.HI/c1-5-16(6-2)10-9-15-12(13)14-8-7-11(3)4;/h11H,5-10H2,1-4H3,(H3,13,14,15);1H. The Hall–Kier alpha value is -0.0400. The van der Waals surface area contributed by atoms with Crippen LogP contribution in [0.15, 0.2) is 4.99 Å². The van der Waals surface area contributed by atoms with Crippen LogP contribution in [0, 0.1) is 5.92 Å². The van der Waals surface area contributed by atoms with Crippen molar-refractivity contribution in [1.29, 1.82) is 0 Å². The third-order valence-electron chi connectivity index (χ3n) is 2.62. The van der Waals surface area contributed by atoms with Crippen molar-refractivity contribution in [2.24, 2.45) is 16.6 Å². The highest BCUT2D eigenvalue weighted by atomic mass is 127. The highest BCUT2D eigenvalue weighted by Gasteiger charge is 1.98. The molecule has 0 aromatic rings. The normalized spacial score (nSPS) is 11.8. The molecule has 0 saturated heterocycles. The van der Waals surface area contributed by atoms with E-state index in [4.69, 9.17) is 5.73 Å². The van der Waals surface area contributed by atoms with Gasteiger partial charge in [-0.3, -0.25) is 4.99 Å². The monoisotopic (exact) mass is 356 g/mol. The van der Waals surface area contributed by atoms with Crippen LogP contribution in [0.5, 0.6) is 0 Å². The molecule has 0 aromatic heterocycles. The number of nitrogens with two attached hydrogens (primary N) is 1. The van der Waals surface area contributed by atoms with Crippen molar-refractivity contribution >= 4 is 29.9 Å². The Morgan fingerprint density at radius 1 is 1.29 bits per heavy atom. The van der Waals surface area contributed by atoms with E-state index in [0.29, 0.717) is 11.9 Å². The zero-order chi connectivity index (χ0) is 12.4. The fraction of sp³-hybridized carbons (Fsp3) is 0.917. The van der Waals surface area contributed by atoms with Gasteiger partial charge in [0.15, 0.2) is 5.96 Å². The minimum Gasteiger partial charge on any atom is -0.370 e. The first kappa shape index (κ1) is 19.3. The van der Waals surface area contributed by atoms with Crippen LogP contribution in [0.1, 0.15) is 34.1 Å². The third kappa shape index (κ3) is 12.2. The van der Waals surface area contributed by atoms with Gasteiger partial charge in [0.1, 0.15) is 0 Å². The number of nitrogens with one attached hydrogen (secondary N) is 1. The average Bonchev–Trinajstić information content (AvgIpc) is 2.24. The van der Waals surface area contributed by atoms with Crippen molar-refractivity contribution in [3.63, 3.8) is 0 Å². The van der Waals surface area contributed by atoms with E-state index in [1.165, 1.54) is 0 Å². The summed E-state index contributed by atoms with van der Waals surface area (Å²) in [5.41, 5.74) is 5.75. The van der Waals surface area contributed by atoms with Gasteiger partial charge in [-0.15, -0.1) is 24.0 Å². The minimum atomic E-state index is 0. The van der Waals surface area contributed by atoms with E-state index < -0.39 is 0 Å². The summed E-state index contributed by atoms with van der Waals surface area (Å²) in [4.78, 5) is 6.63. The van der Waals surface area contributed by atoms with Gasteiger partial charge in [-0.2, -0.15) is 0 Å². The largest absolute Gasteiger partial charge is 0.370 e. The lowest BCUT2D eigenvalue weighted by Gasteiger charge is -2.18. The van der Waals surface area contributed by atoms with Crippen LogP contribution in [0.25, 0.3) is 0 Å². The van der Waals surface area contributed by atoms with E-state index in [0.717, 1.165) is 39.1 Å². The van der Waals surface area contributed by atoms with Crippen molar-refractivity contribution in [1.82, 2.24) is 10.2 Å². The van der Waals surface area contributed by atoms with Gasteiger partial charge in [0.2, 0.25) is 0 Å². The second kappa shape index (κ2) is 12.4. The number of rotatable bonds is 8. The fourth-order valence-corrected chi connectivity index (χ4v) is 1.38. The summed E-state index contributed by atoms with van der Waals surface area (Å²) in [6.07, 6.45) is 1.10. The molecular formula is C12H29IN4. The lowest BCUT2D eigenvalue weighted by atomic mass is 10.1. The van der Waals surface area contributed by atoms with E-state index in [1.807, 2.05) is 0 Å². The van der Waals surface area contributed by atoms with Crippen molar-refractivity contribution in [3.8, 4) is 0 Å². The van der Waals surface area contributed by atoms with Gasteiger partial charge in [0, 0.05) is 19.6 Å². The number of hydrogen-bond donors (Lipinski definition) is 2. The van der Waals surface area contributed by atoms with Crippen molar-refractivity contribution in [2.75, 3.05) is 32.7 Å². The van der Waals surface area contributed by atoms with Gasteiger partial charge >= 0.3 is 0 Å². The second-order valence-corrected chi connectivity index (χ2v) is 4.40. The Bertz CT molecular complexity index is 191. The number of likely N-dealkylation sites (N-methyl/N-ethyl adjacent to an activating group) is 1. The summed E-state index contributed by atoms with van der Waals surface area (Å²) in [5.74, 6) is 1.26. The van der Waals surface area contributed by atoms with Crippen LogP contribution < -0.4 is 11.1 Å². The molecule has 0 aliphatic rings. The van der Waals surface area contributed by atoms with Crippen LogP contribution in [0.4, 0.5) is 0 Å². The Morgan fingerprint density at radius 3 is 2.35 bits per heavy atom. The highest BCUT2D eigenvalue weighted by molar-refractivity contribution is 14.0. The van der Waals surface area contributed by atoms with E-state index in [1.54, 1.807) is 0 Å². The number of aliphatic imine (C=N–C) groups is 1.